The fraction of sp³-hybridized carbons (Fsp3) is 0.0500. The van der Waals surface area contributed by atoms with Crippen LogP contribution >= 0.6 is 11.6 Å². The monoisotopic (exact) mass is 401 g/mol. The first-order valence-corrected chi connectivity index (χ1v) is 10.1. The maximum Gasteiger partial charge on any atom is 0.239 e. The van der Waals surface area contributed by atoms with Gasteiger partial charge >= 0.3 is 0 Å². The van der Waals surface area contributed by atoms with Gasteiger partial charge in [-0.1, -0.05) is 29.8 Å². The summed E-state index contributed by atoms with van der Waals surface area (Å²) in [6.45, 7) is 0. The number of ether oxygens (including phenoxy) is 1. The van der Waals surface area contributed by atoms with E-state index in [4.69, 9.17) is 16.3 Å². The number of amides is 1. The molecule has 1 amide bonds. The average Bonchev–Trinajstić information content (AvgIpc) is 2.65. The number of anilines is 1. The summed E-state index contributed by atoms with van der Waals surface area (Å²) in [6.07, 6.45) is 0. The number of sulfone groups is 1. The van der Waals surface area contributed by atoms with Crippen molar-refractivity contribution in [2.75, 3.05) is 11.1 Å². The van der Waals surface area contributed by atoms with E-state index >= 15 is 0 Å². The number of benzene rings is 3. The Labute approximate surface area is 162 Å². The minimum absolute atomic E-state index is 0.117. The van der Waals surface area contributed by atoms with E-state index in [0.29, 0.717) is 22.2 Å². The van der Waals surface area contributed by atoms with Crippen LogP contribution < -0.4 is 10.1 Å². The van der Waals surface area contributed by atoms with E-state index in [1.807, 2.05) is 0 Å². The van der Waals surface area contributed by atoms with Crippen molar-refractivity contribution in [2.45, 2.75) is 4.90 Å². The van der Waals surface area contributed by atoms with Gasteiger partial charge in [-0.25, -0.2) is 8.42 Å². The highest BCUT2D eigenvalue weighted by molar-refractivity contribution is 7.92. The molecular formula is C20H16ClNO4S. The Bertz CT molecular complexity index is 1020. The Balaban J connectivity index is 1.61. The van der Waals surface area contributed by atoms with Crippen LogP contribution in [0.4, 0.5) is 5.69 Å². The molecule has 0 radical (unpaired) electrons. The van der Waals surface area contributed by atoms with Crippen LogP contribution in [0.1, 0.15) is 0 Å². The van der Waals surface area contributed by atoms with Crippen molar-refractivity contribution in [1.82, 2.24) is 0 Å². The topological polar surface area (TPSA) is 72.5 Å². The number of hydrogen-bond acceptors (Lipinski definition) is 4. The van der Waals surface area contributed by atoms with E-state index in [-0.39, 0.29) is 4.90 Å². The fourth-order valence-corrected chi connectivity index (χ4v) is 3.61. The lowest BCUT2D eigenvalue weighted by Gasteiger charge is -2.09. The van der Waals surface area contributed by atoms with E-state index in [1.54, 1.807) is 66.7 Å². The zero-order valence-electron chi connectivity index (χ0n) is 14.1. The zero-order chi connectivity index (χ0) is 19.3. The first-order valence-electron chi connectivity index (χ1n) is 8.03. The smallest absolute Gasteiger partial charge is 0.239 e. The van der Waals surface area contributed by atoms with Gasteiger partial charge in [0.1, 0.15) is 17.3 Å². The van der Waals surface area contributed by atoms with Crippen LogP contribution in [0.2, 0.25) is 5.02 Å². The summed E-state index contributed by atoms with van der Waals surface area (Å²) in [5, 5.41) is 3.19. The zero-order valence-corrected chi connectivity index (χ0v) is 15.7. The molecule has 0 fully saturated rings. The van der Waals surface area contributed by atoms with Gasteiger partial charge in [0.05, 0.1) is 4.90 Å². The summed E-state index contributed by atoms with van der Waals surface area (Å²) >= 11 is 5.83. The summed E-state index contributed by atoms with van der Waals surface area (Å²) < 4.78 is 30.1. The second kappa shape index (κ2) is 8.24. The first-order chi connectivity index (χ1) is 12.9. The van der Waals surface area contributed by atoms with Crippen LogP contribution in [0.15, 0.2) is 83.8 Å². The normalized spacial score (nSPS) is 11.0. The molecule has 27 heavy (non-hydrogen) atoms. The van der Waals surface area contributed by atoms with Gasteiger partial charge in [-0.2, -0.15) is 0 Å². The molecule has 0 heterocycles. The third kappa shape index (κ3) is 5.32. The lowest BCUT2D eigenvalue weighted by molar-refractivity contribution is -0.113. The van der Waals surface area contributed by atoms with Crippen molar-refractivity contribution >= 4 is 33.0 Å². The molecule has 3 aromatic rings. The predicted octanol–water partition coefficient (Wildman–Crippen LogP) is 4.54. The van der Waals surface area contributed by atoms with Crippen molar-refractivity contribution in [1.29, 1.82) is 0 Å². The number of carbonyl (C=O) groups excluding carboxylic acids is 1. The molecule has 0 aromatic heterocycles. The van der Waals surface area contributed by atoms with Gasteiger partial charge in [0.2, 0.25) is 5.91 Å². The fourth-order valence-electron chi connectivity index (χ4n) is 2.33. The minimum atomic E-state index is -3.68. The highest BCUT2D eigenvalue weighted by atomic mass is 35.5. The third-order valence-electron chi connectivity index (χ3n) is 3.61. The van der Waals surface area contributed by atoms with Gasteiger partial charge in [0, 0.05) is 10.7 Å². The Morgan fingerprint density at radius 3 is 2.00 bits per heavy atom. The highest BCUT2D eigenvalue weighted by Crippen LogP contribution is 2.24. The average molecular weight is 402 g/mol. The van der Waals surface area contributed by atoms with E-state index < -0.39 is 21.5 Å². The second-order valence-corrected chi connectivity index (χ2v) is 8.13. The molecule has 0 saturated heterocycles. The van der Waals surface area contributed by atoms with Crippen molar-refractivity contribution in [3.05, 3.63) is 83.9 Å². The van der Waals surface area contributed by atoms with Crippen LogP contribution in [0.3, 0.4) is 0 Å². The molecule has 3 rings (SSSR count). The molecule has 0 bridgehead atoms. The second-order valence-electron chi connectivity index (χ2n) is 5.70. The maximum absolute atomic E-state index is 12.2. The van der Waals surface area contributed by atoms with Gasteiger partial charge in [-0.3, -0.25) is 4.79 Å². The number of nitrogens with one attached hydrogen (secondary N) is 1. The first kappa shape index (κ1) is 18.9. The Kier molecular flexibility index (Phi) is 5.78. The SMILES string of the molecule is O=C(CS(=O)(=O)c1ccccc1)Nc1ccc(Oc2ccc(Cl)cc2)cc1. The summed E-state index contributed by atoms with van der Waals surface area (Å²) in [4.78, 5) is 12.2. The molecule has 0 aliphatic rings. The Morgan fingerprint density at radius 2 is 1.41 bits per heavy atom. The van der Waals surface area contributed by atoms with Gasteiger partial charge < -0.3 is 10.1 Å². The van der Waals surface area contributed by atoms with E-state index in [9.17, 15) is 13.2 Å². The largest absolute Gasteiger partial charge is 0.457 e. The molecule has 5 nitrogen and oxygen atoms in total. The van der Waals surface area contributed by atoms with Gasteiger partial charge in [0.15, 0.2) is 9.84 Å². The summed E-state index contributed by atoms with van der Waals surface area (Å²) in [6, 6.07) is 21.4. The molecule has 0 atom stereocenters. The standard InChI is InChI=1S/C20H16ClNO4S/c21-15-6-10-17(11-7-15)26-18-12-8-16(9-13-18)22-20(23)14-27(24,25)19-4-2-1-3-5-19/h1-13H,14H2,(H,22,23). The van der Waals surface area contributed by atoms with Gasteiger partial charge in [0.25, 0.3) is 0 Å². The lowest BCUT2D eigenvalue weighted by Crippen LogP contribution is -2.22. The molecule has 3 aromatic carbocycles. The van der Waals surface area contributed by atoms with Gasteiger partial charge in [-0.05, 0) is 60.7 Å². The maximum atomic E-state index is 12.2. The molecule has 1 N–H and O–H groups in total. The summed E-state index contributed by atoms with van der Waals surface area (Å²) in [5.41, 5.74) is 0.478. The van der Waals surface area contributed by atoms with Crippen LogP contribution in [0, 0.1) is 0 Å². The molecular weight excluding hydrogens is 386 g/mol. The molecule has 138 valence electrons. The minimum Gasteiger partial charge on any atom is -0.457 e. The highest BCUT2D eigenvalue weighted by Gasteiger charge is 2.19. The van der Waals surface area contributed by atoms with Crippen LogP contribution in [-0.4, -0.2) is 20.1 Å². The van der Waals surface area contributed by atoms with Crippen LogP contribution in [0.25, 0.3) is 0 Å². The van der Waals surface area contributed by atoms with E-state index in [0.717, 1.165) is 0 Å². The van der Waals surface area contributed by atoms with E-state index in [2.05, 4.69) is 5.32 Å². The molecule has 7 heteroatoms. The predicted molar refractivity (Wildman–Crippen MR) is 105 cm³/mol. The van der Waals surface area contributed by atoms with E-state index in [1.165, 1.54) is 12.1 Å². The van der Waals surface area contributed by atoms with Crippen molar-refractivity contribution in [2.24, 2.45) is 0 Å². The van der Waals surface area contributed by atoms with Crippen LogP contribution in [0.5, 0.6) is 11.5 Å². The summed E-state index contributed by atoms with van der Waals surface area (Å²) in [5.74, 6) is -0.0253. The molecule has 0 unspecified atom stereocenters. The number of halogens is 1. The molecule has 0 aliphatic heterocycles. The molecule has 0 spiro atoms. The quantitative estimate of drug-likeness (QED) is 0.657. The third-order valence-corrected chi connectivity index (χ3v) is 5.50. The number of rotatable bonds is 6. The Morgan fingerprint density at radius 1 is 0.852 bits per heavy atom. The summed E-state index contributed by atoms with van der Waals surface area (Å²) in [7, 11) is -3.68. The number of hydrogen-bond donors (Lipinski definition) is 1. The molecule has 0 saturated carbocycles. The van der Waals surface area contributed by atoms with Crippen molar-refractivity contribution in [3.8, 4) is 11.5 Å². The van der Waals surface area contributed by atoms with Crippen molar-refractivity contribution < 1.29 is 17.9 Å². The number of carbonyl (C=O) groups is 1. The van der Waals surface area contributed by atoms with Gasteiger partial charge in [-0.15, -0.1) is 0 Å². The molecule has 0 aliphatic carbocycles. The van der Waals surface area contributed by atoms with Crippen molar-refractivity contribution in [3.63, 3.8) is 0 Å². The van der Waals surface area contributed by atoms with Crippen LogP contribution in [-0.2, 0) is 14.6 Å². The lowest BCUT2D eigenvalue weighted by atomic mass is 10.3. The Hall–Kier alpha value is -2.83.